The number of aromatic carboxylic acids is 1. The van der Waals surface area contributed by atoms with Gasteiger partial charge in [0.1, 0.15) is 11.6 Å². The average Bonchev–Trinajstić information content (AvgIpc) is 3.04. The van der Waals surface area contributed by atoms with Gasteiger partial charge in [0, 0.05) is 12.1 Å². The Balaban J connectivity index is 2.25. The van der Waals surface area contributed by atoms with Gasteiger partial charge >= 0.3 is 5.97 Å². The van der Waals surface area contributed by atoms with Crippen LogP contribution in [0, 0.1) is 17.6 Å². The molecule has 3 nitrogen and oxygen atoms in total. The first-order valence-electron chi connectivity index (χ1n) is 5.48. The number of hydrogen-bond donors (Lipinski definition) is 2. The molecule has 1 aromatic rings. The van der Waals surface area contributed by atoms with E-state index in [4.69, 9.17) is 5.11 Å². The molecule has 92 valence electrons. The SMILES string of the molecule is CC(Nc1cc(C(=O)O)c(F)cc1F)C1CC1. The van der Waals surface area contributed by atoms with E-state index in [1.807, 2.05) is 6.92 Å². The molecule has 2 rings (SSSR count). The van der Waals surface area contributed by atoms with Crippen LogP contribution in [0.15, 0.2) is 12.1 Å². The number of rotatable bonds is 4. The number of hydrogen-bond acceptors (Lipinski definition) is 2. The minimum absolute atomic E-state index is 0.0446. The molecule has 0 aromatic heterocycles. The Morgan fingerprint density at radius 3 is 2.59 bits per heavy atom. The Labute approximate surface area is 97.5 Å². The summed E-state index contributed by atoms with van der Waals surface area (Å²) in [6.45, 7) is 1.90. The van der Waals surface area contributed by atoms with Gasteiger partial charge in [-0.15, -0.1) is 0 Å². The van der Waals surface area contributed by atoms with Crippen LogP contribution in [0.4, 0.5) is 14.5 Å². The first kappa shape index (κ1) is 11.8. The van der Waals surface area contributed by atoms with Crippen molar-refractivity contribution < 1.29 is 18.7 Å². The normalized spacial score (nSPS) is 16.6. The molecule has 1 atom stereocenters. The number of halogens is 2. The maximum absolute atomic E-state index is 13.4. The molecule has 1 saturated carbocycles. The lowest BCUT2D eigenvalue weighted by Gasteiger charge is -2.15. The summed E-state index contributed by atoms with van der Waals surface area (Å²) >= 11 is 0. The van der Waals surface area contributed by atoms with Gasteiger partial charge in [0.05, 0.1) is 11.3 Å². The molecule has 1 aliphatic carbocycles. The van der Waals surface area contributed by atoms with Crippen molar-refractivity contribution in [2.45, 2.75) is 25.8 Å². The van der Waals surface area contributed by atoms with E-state index in [0.29, 0.717) is 12.0 Å². The third-order valence-electron chi connectivity index (χ3n) is 3.00. The molecule has 17 heavy (non-hydrogen) atoms. The molecule has 5 heteroatoms. The fourth-order valence-corrected chi connectivity index (χ4v) is 1.78. The Morgan fingerprint density at radius 1 is 1.41 bits per heavy atom. The van der Waals surface area contributed by atoms with Crippen LogP contribution in [0.2, 0.25) is 0 Å². The van der Waals surface area contributed by atoms with Crippen LogP contribution >= 0.6 is 0 Å². The fourth-order valence-electron chi connectivity index (χ4n) is 1.78. The van der Waals surface area contributed by atoms with E-state index in [1.165, 1.54) is 0 Å². The van der Waals surface area contributed by atoms with Crippen molar-refractivity contribution in [2.75, 3.05) is 5.32 Å². The number of carboxylic acid groups (broad SMARTS) is 1. The van der Waals surface area contributed by atoms with Crippen molar-refractivity contribution in [2.24, 2.45) is 5.92 Å². The van der Waals surface area contributed by atoms with Gasteiger partial charge < -0.3 is 10.4 Å². The highest BCUT2D eigenvalue weighted by Crippen LogP contribution is 2.34. The van der Waals surface area contributed by atoms with Crippen LogP contribution in [0.1, 0.15) is 30.1 Å². The van der Waals surface area contributed by atoms with Crippen molar-refractivity contribution >= 4 is 11.7 Å². The lowest BCUT2D eigenvalue weighted by atomic mass is 10.1. The zero-order valence-corrected chi connectivity index (χ0v) is 9.34. The maximum atomic E-state index is 13.4. The molecule has 1 aliphatic rings. The number of carboxylic acids is 1. The maximum Gasteiger partial charge on any atom is 0.338 e. The largest absolute Gasteiger partial charge is 0.478 e. The summed E-state index contributed by atoms with van der Waals surface area (Å²) in [5.41, 5.74) is -0.472. The average molecular weight is 241 g/mol. The van der Waals surface area contributed by atoms with Gasteiger partial charge in [-0.1, -0.05) is 0 Å². The van der Waals surface area contributed by atoms with E-state index in [-0.39, 0.29) is 11.7 Å². The molecule has 0 saturated heterocycles. The molecule has 0 spiro atoms. The van der Waals surface area contributed by atoms with Crippen molar-refractivity contribution in [3.63, 3.8) is 0 Å². The quantitative estimate of drug-likeness (QED) is 0.852. The Morgan fingerprint density at radius 2 is 2.06 bits per heavy atom. The van der Waals surface area contributed by atoms with Gasteiger partial charge in [-0.2, -0.15) is 0 Å². The second-order valence-electron chi connectivity index (χ2n) is 4.39. The molecule has 1 fully saturated rings. The molecular formula is C12H13F2NO2. The van der Waals surface area contributed by atoms with Crippen LogP contribution < -0.4 is 5.32 Å². The Bertz CT molecular complexity index is 458. The second-order valence-corrected chi connectivity index (χ2v) is 4.39. The lowest BCUT2D eigenvalue weighted by molar-refractivity contribution is 0.0692. The third-order valence-corrected chi connectivity index (χ3v) is 3.00. The zero-order chi connectivity index (χ0) is 12.6. The van der Waals surface area contributed by atoms with Gasteiger partial charge in [0.15, 0.2) is 0 Å². The van der Waals surface area contributed by atoms with Crippen LogP contribution in [0.5, 0.6) is 0 Å². The topological polar surface area (TPSA) is 49.3 Å². The van der Waals surface area contributed by atoms with Crippen molar-refractivity contribution in [1.29, 1.82) is 0 Å². The highest BCUT2D eigenvalue weighted by atomic mass is 19.1. The summed E-state index contributed by atoms with van der Waals surface area (Å²) in [6, 6.07) is 1.67. The molecule has 0 aliphatic heterocycles. The van der Waals surface area contributed by atoms with Crippen molar-refractivity contribution in [3.8, 4) is 0 Å². The molecule has 0 bridgehead atoms. The second kappa shape index (κ2) is 4.31. The first-order chi connectivity index (χ1) is 7.99. The zero-order valence-electron chi connectivity index (χ0n) is 9.34. The third kappa shape index (κ3) is 2.54. The lowest BCUT2D eigenvalue weighted by Crippen LogP contribution is -2.18. The van der Waals surface area contributed by atoms with Crippen LogP contribution in [-0.2, 0) is 0 Å². The van der Waals surface area contributed by atoms with Gasteiger partial charge in [-0.05, 0) is 31.7 Å². The van der Waals surface area contributed by atoms with Crippen LogP contribution in [0.25, 0.3) is 0 Å². The van der Waals surface area contributed by atoms with Gasteiger partial charge in [-0.3, -0.25) is 0 Å². The van der Waals surface area contributed by atoms with E-state index in [0.717, 1.165) is 18.9 Å². The predicted octanol–water partition coefficient (Wildman–Crippen LogP) is 2.87. The highest BCUT2D eigenvalue weighted by molar-refractivity contribution is 5.89. The fraction of sp³-hybridized carbons (Fsp3) is 0.417. The van der Waals surface area contributed by atoms with Gasteiger partial charge in [0.25, 0.3) is 0 Å². The molecular weight excluding hydrogens is 228 g/mol. The molecule has 0 amide bonds. The van der Waals surface area contributed by atoms with E-state index >= 15 is 0 Å². The Kier molecular flexibility index (Phi) is 3.00. The molecule has 0 radical (unpaired) electrons. The minimum atomic E-state index is -1.40. The van der Waals surface area contributed by atoms with E-state index in [2.05, 4.69) is 5.32 Å². The minimum Gasteiger partial charge on any atom is -0.478 e. The van der Waals surface area contributed by atoms with E-state index < -0.39 is 23.2 Å². The molecule has 0 heterocycles. The smallest absolute Gasteiger partial charge is 0.338 e. The number of anilines is 1. The number of carbonyl (C=O) groups is 1. The summed E-state index contributed by atoms with van der Waals surface area (Å²) in [7, 11) is 0. The first-order valence-corrected chi connectivity index (χ1v) is 5.48. The van der Waals surface area contributed by atoms with Crippen molar-refractivity contribution in [1.82, 2.24) is 0 Å². The highest BCUT2D eigenvalue weighted by Gasteiger charge is 2.28. The van der Waals surface area contributed by atoms with Crippen LogP contribution in [0.3, 0.4) is 0 Å². The number of benzene rings is 1. The molecule has 1 aromatic carbocycles. The van der Waals surface area contributed by atoms with Gasteiger partial charge in [0.2, 0.25) is 0 Å². The summed E-state index contributed by atoms with van der Waals surface area (Å²) in [6.07, 6.45) is 2.17. The van der Waals surface area contributed by atoms with Crippen molar-refractivity contribution in [3.05, 3.63) is 29.3 Å². The summed E-state index contributed by atoms with van der Waals surface area (Å²) in [5, 5.41) is 11.6. The molecule has 2 N–H and O–H groups in total. The summed E-state index contributed by atoms with van der Waals surface area (Å²) in [5.74, 6) is -2.73. The molecule has 1 unspecified atom stereocenters. The summed E-state index contributed by atoms with van der Waals surface area (Å²) in [4.78, 5) is 10.7. The Hall–Kier alpha value is -1.65. The number of nitrogens with one attached hydrogen (secondary N) is 1. The monoisotopic (exact) mass is 241 g/mol. The standard InChI is InChI=1S/C12H13F2NO2/c1-6(7-2-3-7)15-11-4-8(12(16)17)9(13)5-10(11)14/h4-7,15H,2-3H2,1H3,(H,16,17). The van der Waals surface area contributed by atoms with Crippen LogP contribution in [-0.4, -0.2) is 17.1 Å². The van der Waals surface area contributed by atoms with E-state index in [9.17, 15) is 13.6 Å². The van der Waals surface area contributed by atoms with Gasteiger partial charge in [-0.25, -0.2) is 13.6 Å². The van der Waals surface area contributed by atoms with E-state index in [1.54, 1.807) is 0 Å². The summed E-state index contributed by atoms with van der Waals surface area (Å²) < 4.78 is 26.6. The predicted molar refractivity (Wildman–Crippen MR) is 59.1 cm³/mol.